The van der Waals surface area contributed by atoms with E-state index in [1.54, 1.807) is 0 Å². The van der Waals surface area contributed by atoms with Crippen LogP contribution in [0.4, 0.5) is 5.69 Å². The van der Waals surface area contributed by atoms with Crippen LogP contribution in [0.3, 0.4) is 0 Å². The van der Waals surface area contributed by atoms with Gasteiger partial charge in [-0.05, 0) is 48.9 Å². The van der Waals surface area contributed by atoms with Crippen LogP contribution in [-0.2, 0) is 0 Å². The minimum atomic E-state index is 0.749. The quantitative estimate of drug-likeness (QED) is 0.862. The zero-order valence-electron chi connectivity index (χ0n) is 10.9. The number of nitrogens with one attached hydrogen (secondary N) is 1. The summed E-state index contributed by atoms with van der Waals surface area (Å²) in [5.41, 5.74) is 4.72. The number of rotatable bonds is 2. The normalized spacial score (nSPS) is 19.7. The summed E-state index contributed by atoms with van der Waals surface area (Å²) in [6.45, 7) is 6.16. The molecule has 1 saturated heterocycles. The molecule has 0 amide bonds. The van der Waals surface area contributed by atoms with Crippen molar-refractivity contribution in [3.8, 4) is 6.07 Å². The molecule has 0 bridgehead atoms. The highest BCUT2D eigenvalue weighted by atomic mass is 15.2. The Hall–Kier alpha value is -1.53. The Labute approximate surface area is 108 Å². The Balaban J connectivity index is 1.99. The predicted octanol–water partition coefficient (Wildman–Crippen LogP) is 2.15. The molecule has 2 fully saturated rings. The number of nitriles is 1. The standard InChI is InChI=1S/C15H19N3/c1-11-8-13(10-16)15(9-14(11)12-2-3-12)18-6-4-17-5-7-18/h8-9,12,17H,2-7H2,1H3. The third-order valence-corrected chi connectivity index (χ3v) is 3.98. The summed E-state index contributed by atoms with van der Waals surface area (Å²) in [7, 11) is 0. The van der Waals surface area contributed by atoms with E-state index in [4.69, 9.17) is 0 Å². The molecule has 1 heterocycles. The molecule has 3 nitrogen and oxygen atoms in total. The Morgan fingerprint density at radius 1 is 1.28 bits per heavy atom. The highest BCUT2D eigenvalue weighted by molar-refractivity contribution is 5.63. The van der Waals surface area contributed by atoms with Crippen LogP contribution >= 0.6 is 0 Å². The number of hydrogen-bond donors (Lipinski definition) is 1. The maximum atomic E-state index is 9.33. The highest BCUT2D eigenvalue weighted by Gasteiger charge is 2.27. The van der Waals surface area contributed by atoms with E-state index >= 15 is 0 Å². The SMILES string of the molecule is Cc1cc(C#N)c(N2CCNCC2)cc1C1CC1. The van der Waals surface area contributed by atoms with Crippen LogP contribution in [0.25, 0.3) is 0 Å². The van der Waals surface area contributed by atoms with Gasteiger partial charge in [-0.25, -0.2) is 0 Å². The van der Waals surface area contributed by atoms with Crippen LogP contribution in [0, 0.1) is 18.3 Å². The van der Waals surface area contributed by atoms with Gasteiger partial charge in [-0.3, -0.25) is 0 Å². The van der Waals surface area contributed by atoms with Gasteiger partial charge in [0.1, 0.15) is 6.07 Å². The van der Waals surface area contributed by atoms with Crippen molar-refractivity contribution in [2.75, 3.05) is 31.1 Å². The van der Waals surface area contributed by atoms with E-state index in [-0.39, 0.29) is 0 Å². The van der Waals surface area contributed by atoms with Crippen molar-refractivity contribution in [1.29, 1.82) is 5.26 Å². The molecule has 0 aromatic heterocycles. The Morgan fingerprint density at radius 3 is 2.61 bits per heavy atom. The van der Waals surface area contributed by atoms with Crippen LogP contribution in [0.1, 0.15) is 35.4 Å². The molecular weight excluding hydrogens is 222 g/mol. The molecule has 1 aliphatic carbocycles. The maximum Gasteiger partial charge on any atom is 0.101 e. The van der Waals surface area contributed by atoms with E-state index in [9.17, 15) is 5.26 Å². The molecule has 1 N–H and O–H groups in total. The van der Waals surface area contributed by atoms with Gasteiger partial charge >= 0.3 is 0 Å². The van der Waals surface area contributed by atoms with Gasteiger partial charge < -0.3 is 10.2 Å². The lowest BCUT2D eigenvalue weighted by Gasteiger charge is -2.30. The molecule has 94 valence electrons. The summed E-state index contributed by atoms with van der Waals surface area (Å²) in [6, 6.07) is 6.71. The van der Waals surface area contributed by atoms with Crippen LogP contribution in [0.5, 0.6) is 0 Å². The van der Waals surface area contributed by atoms with Gasteiger partial charge in [-0.1, -0.05) is 0 Å². The van der Waals surface area contributed by atoms with Gasteiger partial charge in [0.05, 0.1) is 11.3 Å². The van der Waals surface area contributed by atoms with E-state index in [1.165, 1.54) is 24.0 Å². The topological polar surface area (TPSA) is 39.1 Å². The van der Waals surface area contributed by atoms with Crippen LogP contribution in [-0.4, -0.2) is 26.2 Å². The zero-order chi connectivity index (χ0) is 12.5. The molecule has 0 spiro atoms. The van der Waals surface area contributed by atoms with Crippen molar-refractivity contribution >= 4 is 5.69 Å². The summed E-state index contributed by atoms with van der Waals surface area (Å²) >= 11 is 0. The Morgan fingerprint density at radius 2 is 2.00 bits per heavy atom. The summed E-state index contributed by atoms with van der Waals surface area (Å²) < 4.78 is 0. The van der Waals surface area contributed by atoms with Gasteiger partial charge in [0.15, 0.2) is 0 Å². The third-order valence-electron chi connectivity index (χ3n) is 3.98. The van der Waals surface area contributed by atoms with Crippen molar-refractivity contribution in [3.05, 3.63) is 28.8 Å². The lowest BCUT2D eigenvalue weighted by atomic mass is 9.99. The first-order valence-corrected chi connectivity index (χ1v) is 6.80. The van der Waals surface area contributed by atoms with Gasteiger partial charge in [0, 0.05) is 26.2 Å². The van der Waals surface area contributed by atoms with Crippen molar-refractivity contribution in [1.82, 2.24) is 5.32 Å². The summed E-state index contributed by atoms with van der Waals surface area (Å²) in [5, 5.41) is 12.7. The first-order valence-electron chi connectivity index (χ1n) is 6.80. The molecular formula is C15H19N3. The monoisotopic (exact) mass is 241 g/mol. The molecule has 0 atom stereocenters. The number of benzene rings is 1. The molecule has 0 radical (unpaired) electrons. The second kappa shape index (κ2) is 4.62. The molecule has 2 aliphatic rings. The molecule has 18 heavy (non-hydrogen) atoms. The van der Waals surface area contributed by atoms with Crippen LogP contribution < -0.4 is 10.2 Å². The lowest BCUT2D eigenvalue weighted by Crippen LogP contribution is -2.43. The van der Waals surface area contributed by atoms with E-state index in [0.29, 0.717) is 0 Å². The fourth-order valence-electron chi connectivity index (χ4n) is 2.80. The van der Waals surface area contributed by atoms with Crippen molar-refractivity contribution in [3.63, 3.8) is 0 Å². The minimum absolute atomic E-state index is 0.749. The van der Waals surface area contributed by atoms with E-state index in [1.807, 2.05) is 0 Å². The fraction of sp³-hybridized carbons (Fsp3) is 0.533. The molecule has 1 aromatic rings. The molecule has 1 saturated carbocycles. The lowest BCUT2D eigenvalue weighted by molar-refractivity contribution is 0.588. The number of hydrogen-bond acceptors (Lipinski definition) is 3. The van der Waals surface area contributed by atoms with Gasteiger partial charge in [-0.2, -0.15) is 5.26 Å². The van der Waals surface area contributed by atoms with Gasteiger partial charge in [0.2, 0.25) is 0 Å². The largest absolute Gasteiger partial charge is 0.368 e. The first kappa shape index (κ1) is 11.6. The summed E-state index contributed by atoms with van der Waals surface area (Å²) in [6.07, 6.45) is 2.63. The van der Waals surface area contributed by atoms with Gasteiger partial charge in [-0.15, -0.1) is 0 Å². The number of anilines is 1. The first-order chi connectivity index (χ1) is 8.79. The number of piperazine rings is 1. The zero-order valence-corrected chi connectivity index (χ0v) is 10.9. The molecule has 1 aliphatic heterocycles. The second-order valence-corrected chi connectivity index (χ2v) is 5.35. The smallest absolute Gasteiger partial charge is 0.101 e. The summed E-state index contributed by atoms with van der Waals surface area (Å²) in [4.78, 5) is 2.35. The second-order valence-electron chi connectivity index (χ2n) is 5.35. The average Bonchev–Trinajstić information content (AvgIpc) is 3.23. The van der Waals surface area contributed by atoms with E-state index in [2.05, 4.69) is 35.3 Å². The van der Waals surface area contributed by atoms with Gasteiger partial charge in [0.25, 0.3) is 0 Å². The summed E-state index contributed by atoms with van der Waals surface area (Å²) in [5.74, 6) is 0.749. The molecule has 0 unspecified atom stereocenters. The van der Waals surface area contributed by atoms with Crippen molar-refractivity contribution in [2.24, 2.45) is 0 Å². The average molecular weight is 241 g/mol. The predicted molar refractivity (Wildman–Crippen MR) is 73.0 cm³/mol. The molecule has 1 aromatic carbocycles. The van der Waals surface area contributed by atoms with E-state index < -0.39 is 0 Å². The number of aryl methyl sites for hydroxylation is 1. The molecule has 3 heteroatoms. The number of nitrogens with zero attached hydrogens (tertiary/aromatic N) is 2. The Kier molecular flexibility index (Phi) is 2.97. The van der Waals surface area contributed by atoms with E-state index in [0.717, 1.165) is 43.3 Å². The van der Waals surface area contributed by atoms with Crippen molar-refractivity contribution in [2.45, 2.75) is 25.7 Å². The van der Waals surface area contributed by atoms with Crippen LogP contribution in [0.15, 0.2) is 12.1 Å². The highest BCUT2D eigenvalue weighted by Crippen LogP contribution is 2.43. The van der Waals surface area contributed by atoms with Crippen LogP contribution in [0.2, 0.25) is 0 Å². The third kappa shape index (κ3) is 2.09. The molecule has 3 rings (SSSR count). The van der Waals surface area contributed by atoms with Crippen molar-refractivity contribution < 1.29 is 0 Å². The fourth-order valence-corrected chi connectivity index (χ4v) is 2.80. The Bertz CT molecular complexity index is 491. The maximum absolute atomic E-state index is 9.33. The minimum Gasteiger partial charge on any atom is -0.368 e.